The summed E-state index contributed by atoms with van der Waals surface area (Å²) in [5.41, 5.74) is -0.142. The number of rotatable bonds is 2. The van der Waals surface area contributed by atoms with Gasteiger partial charge in [-0.15, -0.1) is 0 Å². The maximum Gasteiger partial charge on any atom is 0.431 e. The van der Waals surface area contributed by atoms with Crippen molar-refractivity contribution in [2.24, 2.45) is 0 Å². The van der Waals surface area contributed by atoms with Crippen molar-refractivity contribution in [1.82, 2.24) is 15.0 Å². The second kappa shape index (κ2) is 5.41. The molecule has 4 rings (SSSR count). The molecule has 0 saturated carbocycles. The lowest BCUT2D eigenvalue weighted by molar-refractivity contribution is -0.140. The number of benzene rings is 2. The van der Waals surface area contributed by atoms with Gasteiger partial charge in [0, 0.05) is 16.5 Å². The van der Waals surface area contributed by atoms with Gasteiger partial charge in [0.1, 0.15) is 17.1 Å². The van der Waals surface area contributed by atoms with E-state index < -0.39 is 11.9 Å². The van der Waals surface area contributed by atoms with E-state index in [4.69, 9.17) is 0 Å². The summed E-state index contributed by atoms with van der Waals surface area (Å²) in [4.78, 5) is 22.3. The third-order valence-electron chi connectivity index (χ3n) is 3.94. The van der Waals surface area contributed by atoms with E-state index in [1.807, 2.05) is 0 Å². The van der Waals surface area contributed by atoms with E-state index >= 15 is 0 Å². The van der Waals surface area contributed by atoms with Crippen LogP contribution in [0.3, 0.4) is 0 Å². The number of hydrogen-bond acceptors (Lipinski definition) is 3. The van der Waals surface area contributed by atoms with Gasteiger partial charge in [0.15, 0.2) is 6.29 Å². The van der Waals surface area contributed by atoms with Gasteiger partial charge < -0.3 is 4.98 Å². The molecule has 0 radical (unpaired) electrons. The van der Waals surface area contributed by atoms with Gasteiger partial charge >= 0.3 is 6.18 Å². The molecule has 25 heavy (non-hydrogen) atoms. The molecule has 0 aliphatic rings. The van der Waals surface area contributed by atoms with E-state index in [0.29, 0.717) is 28.2 Å². The summed E-state index contributed by atoms with van der Waals surface area (Å²) in [5.74, 6) is 0. The lowest BCUT2D eigenvalue weighted by Gasteiger charge is -2.10. The first kappa shape index (κ1) is 15.3. The number of carbonyl (C=O) groups is 1. The second-order valence-corrected chi connectivity index (χ2v) is 5.48. The summed E-state index contributed by atoms with van der Waals surface area (Å²) in [6.07, 6.45) is -4.20. The van der Waals surface area contributed by atoms with Crippen LogP contribution < -0.4 is 0 Å². The quantitative estimate of drug-likeness (QED) is 0.542. The van der Waals surface area contributed by atoms with Gasteiger partial charge in [0.2, 0.25) is 0 Å². The molecule has 2 heterocycles. The molecule has 0 aliphatic carbocycles. The Labute approximate surface area is 139 Å². The molecule has 7 heteroatoms. The summed E-state index contributed by atoms with van der Waals surface area (Å²) < 4.78 is 40.7. The highest BCUT2D eigenvalue weighted by atomic mass is 19.4. The Morgan fingerprint density at radius 2 is 1.56 bits per heavy atom. The van der Waals surface area contributed by atoms with Crippen molar-refractivity contribution in [3.8, 4) is 11.3 Å². The summed E-state index contributed by atoms with van der Waals surface area (Å²) in [7, 11) is 0. The Kier molecular flexibility index (Phi) is 3.31. The first-order chi connectivity index (χ1) is 12.0. The van der Waals surface area contributed by atoms with Crippen molar-refractivity contribution >= 4 is 28.2 Å². The third-order valence-corrected chi connectivity index (χ3v) is 3.94. The van der Waals surface area contributed by atoms with Crippen LogP contribution in [0, 0.1) is 0 Å². The molecule has 2 aromatic heterocycles. The van der Waals surface area contributed by atoms with Gasteiger partial charge in [-0.2, -0.15) is 13.2 Å². The fraction of sp³-hybridized carbons (Fsp3) is 0.0556. The van der Waals surface area contributed by atoms with E-state index in [1.165, 1.54) is 0 Å². The molecule has 2 aromatic carbocycles. The van der Waals surface area contributed by atoms with Gasteiger partial charge in [-0.05, 0) is 18.2 Å². The minimum absolute atomic E-state index is 0.0847. The number of fused-ring (bicyclic) bond motifs is 2. The Balaban J connectivity index is 2.14. The number of nitrogens with zero attached hydrogens (tertiary/aromatic N) is 2. The van der Waals surface area contributed by atoms with Crippen molar-refractivity contribution in [2.45, 2.75) is 6.18 Å². The van der Waals surface area contributed by atoms with Crippen LogP contribution in [0.15, 0.2) is 48.5 Å². The molecule has 0 unspecified atom stereocenters. The third kappa shape index (κ3) is 2.44. The molecule has 0 bridgehead atoms. The predicted molar refractivity (Wildman–Crippen MR) is 87.2 cm³/mol. The molecule has 1 N–H and O–H groups in total. The molecular formula is C18H10F3N3O. The van der Waals surface area contributed by atoms with Gasteiger partial charge in [-0.1, -0.05) is 30.3 Å². The van der Waals surface area contributed by atoms with Crippen LogP contribution in [0.5, 0.6) is 0 Å². The average molecular weight is 341 g/mol. The normalized spacial score (nSPS) is 12.0. The Hall–Kier alpha value is -3.22. The van der Waals surface area contributed by atoms with E-state index in [9.17, 15) is 18.0 Å². The maximum absolute atomic E-state index is 13.6. The number of alkyl halides is 3. The van der Waals surface area contributed by atoms with Gasteiger partial charge in [-0.3, -0.25) is 4.79 Å². The zero-order chi connectivity index (χ0) is 17.6. The standard InChI is InChI=1S/C18H10F3N3O/c19-18(20,21)17-15(10-5-1-2-6-11(10)24-17)16-14(9-25)22-12-7-3-4-8-13(12)23-16/h1-9,24H. The van der Waals surface area contributed by atoms with Crippen LogP contribution in [-0.4, -0.2) is 21.2 Å². The van der Waals surface area contributed by atoms with Gasteiger partial charge in [-0.25, -0.2) is 9.97 Å². The summed E-state index contributed by atoms with van der Waals surface area (Å²) in [5, 5.41) is 0.336. The highest BCUT2D eigenvalue weighted by molar-refractivity contribution is 6.01. The summed E-state index contributed by atoms with van der Waals surface area (Å²) in [6.45, 7) is 0. The SMILES string of the molecule is O=Cc1nc2ccccc2nc1-c1c(C(F)(F)F)[nH]c2ccccc12. The van der Waals surface area contributed by atoms with Crippen molar-refractivity contribution in [3.05, 3.63) is 59.9 Å². The number of hydrogen-bond donors (Lipinski definition) is 1. The van der Waals surface area contributed by atoms with Crippen LogP contribution >= 0.6 is 0 Å². The number of halogens is 3. The molecule has 124 valence electrons. The maximum atomic E-state index is 13.6. The lowest BCUT2D eigenvalue weighted by Crippen LogP contribution is -2.09. The lowest BCUT2D eigenvalue weighted by atomic mass is 10.0. The fourth-order valence-corrected chi connectivity index (χ4v) is 2.88. The summed E-state index contributed by atoms with van der Waals surface area (Å²) in [6, 6.07) is 13.1. The first-order valence-corrected chi connectivity index (χ1v) is 7.39. The van der Waals surface area contributed by atoms with Crippen LogP contribution in [0.2, 0.25) is 0 Å². The molecule has 0 fully saturated rings. The van der Waals surface area contributed by atoms with E-state index in [2.05, 4.69) is 15.0 Å². The fourth-order valence-electron chi connectivity index (χ4n) is 2.88. The van der Waals surface area contributed by atoms with Gasteiger partial charge in [0.05, 0.1) is 11.0 Å². The van der Waals surface area contributed by atoms with Gasteiger partial charge in [0.25, 0.3) is 0 Å². The highest BCUT2D eigenvalue weighted by Crippen LogP contribution is 2.41. The number of aromatic nitrogens is 3. The average Bonchev–Trinajstić information content (AvgIpc) is 3.00. The number of para-hydroxylation sites is 3. The molecule has 0 aliphatic heterocycles. The number of H-pyrrole nitrogens is 1. The molecule has 0 atom stereocenters. The Bertz CT molecular complexity index is 1120. The first-order valence-electron chi connectivity index (χ1n) is 7.39. The molecular weight excluding hydrogens is 331 g/mol. The molecule has 0 saturated heterocycles. The van der Waals surface area contributed by atoms with E-state index in [-0.39, 0.29) is 17.0 Å². The van der Waals surface area contributed by atoms with E-state index in [1.54, 1.807) is 48.5 Å². The largest absolute Gasteiger partial charge is 0.431 e. The molecule has 4 nitrogen and oxygen atoms in total. The summed E-state index contributed by atoms with van der Waals surface area (Å²) >= 11 is 0. The number of aldehydes is 1. The van der Waals surface area contributed by atoms with Crippen LogP contribution in [-0.2, 0) is 6.18 Å². The van der Waals surface area contributed by atoms with E-state index in [0.717, 1.165) is 0 Å². The zero-order valence-electron chi connectivity index (χ0n) is 12.6. The van der Waals surface area contributed by atoms with Crippen molar-refractivity contribution < 1.29 is 18.0 Å². The molecule has 4 aromatic rings. The van der Waals surface area contributed by atoms with Crippen molar-refractivity contribution in [1.29, 1.82) is 0 Å². The number of aromatic amines is 1. The highest BCUT2D eigenvalue weighted by Gasteiger charge is 2.38. The molecule has 0 amide bonds. The van der Waals surface area contributed by atoms with Crippen LogP contribution in [0.25, 0.3) is 33.2 Å². The zero-order valence-corrected chi connectivity index (χ0v) is 12.6. The molecule has 0 spiro atoms. The minimum Gasteiger partial charge on any atom is -0.350 e. The number of nitrogens with one attached hydrogen (secondary N) is 1. The van der Waals surface area contributed by atoms with Crippen LogP contribution in [0.1, 0.15) is 16.2 Å². The topological polar surface area (TPSA) is 58.6 Å². The Morgan fingerprint density at radius 3 is 2.24 bits per heavy atom. The predicted octanol–water partition coefficient (Wildman–Crippen LogP) is 4.61. The Morgan fingerprint density at radius 1 is 0.920 bits per heavy atom. The monoisotopic (exact) mass is 341 g/mol. The van der Waals surface area contributed by atoms with Crippen molar-refractivity contribution in [2.75, 3.05) is 0 Å². The second-order valence-electron chi connectivity index (χ2n) is 5.48. The minimum atomic E-state index is -4.62. The van der Waals surface area contributed by atoms with Crippen molar-refractivity contribution in [3.63, 3.8) is 0 Å². The van der Waals surface area contributed by atoms with Crippen LogP contribution in [0.4, 0.5) is 13.2 Å². The smallest absolute Gasteiger partial charge is 0.350 e. The number of carbonyl (C=O) groups excluding carboxylic acids is 1.